The topological polar surface area (TPSA) is 53.2 Å². The lowest BCUT2D eigenvalue weighted by atomic mass is 9.98. The molecular formula is C13H11F6NO2. The lowest BCUT2D eigenvalue weighted by Gasteiger charge is -2.22. The van der Waals surface area contributed by atoms with Crippen LogP contribution in [0.5, 0.6) is 0 Å². The maximum atomic E-state index is 12.7. The Hall–Kier alpha value is -1.79. The number of nitrogens with zero attached hydrogens (tertiary/aromatic N) is 1. The van der Waals surface area contributed by atoms with E-state index in [1.54, 1.807) is 0 Å². The van der Waals surface area contributed by atoms with Crippen LogP contribution >= 0.6 is 0 Å². The first kappa shape index (κ1) is 18.3. The first-order chi connectivity index (χ1) is 9.98. The standard InChI is InChI=1S/C13H11F6NO2/c1-22-11(13(17,18)19)5-10(21)8-2-7(6-20)3-9(4-8)12(14,15)16/h2-4,10-11,21H,5H2,1H3. The molecule has 0 aliphatic rings. The van der Waals surface area contributed by atoms with E-state index in [1.165, 1.54) is 6.07 Å². The van der Waals surface area contributed by atoms with Crippen molar-refractivity contribution >= 4 is 0 Å². The van der Waals surface area contributed by atoms with E-state index in [0.29, 0.717) is 12.1 Å². The van der Waals surface area contributed by atoms with Gasteiger partial charge in [-0.15, -0.1) is 0 Å². The highest BCUT2D eigenvalue weighted by Gasteiger charge is 2.41. The molecule has 122 valence electrons. The molecule has 0 aromatic heterocycles. The van der Waals surface area contributed by atoms with Crippen LogP contribution in [0.15, 0.2) is 18.2 Å². The van der Waals surface area contributed by atoms with Gasteiger partial charge in [0.2, 0.25) is 0 Å². The van der Waals surface area contributed by atoms with Gasteiger partial charge in [0, 0.05) is 13.5 Å². The molecule has 0 aliphatic heterocycles. The van der Waals surface area contributed by atoms with Crippen LogP contribution < -0.4 is 0 Å². The Morgan fingerprint density at radius 3 is 2.18 bits per heavy atom. The molecule has 0 radical (unpaired) electrons. The minimum atomic E-state index is -4.79. The molecule has 22 heavy (non-hydrogen) atoms. The molecule has 0 fully saturated rings. The molecule has 2 unspecified atom stereocenters. The molecule has 1 aromatic carbocycles. The Morgan fingerprint density at radius 1 is 1.18 bits per heavy atom. The fourth-order valence-electron chi connectivity index (χ4n) is 1.77. The molecule has 3 nitrogen and oxygen atoms in total. The van der Waals surface area contributed by atoms with Gasteiger partial charge in [0.1, 0.15) is 0 Å². The van der Waals surface area contributed by atoms with E-state index in [1.807, 2.05) is 0 Å². The summed E-state index contributed by atoms with van der Waals surface area (Å²) in [7, 11) is 0.776. The molecule has 0 amide bonds. The number of ether oxygens (including phenoxy) is 1. The van der Waals surface area contributed by atoms with E-state index in [4.69, 9.17) is 5.26 Å². The van der Waals surface area contributed by atoms with Crippen LogP contribution in [0, 0.1) is 11.3 Å². The fraction of sp³-hybridized carbons (Fsp3) is 0.462. The second kappa shape index (κ2) is 6.54. The summed E-state index contributed by atoms with van der Waals surface area (Å²) in [4.78, 5) is 0. The van der Waals surface area contributed by atoms with Crippen molar-refractivity contribution in [3.8, 4) is 6.07 Å². The number of alkyl halides is 6. The molecule has 0 aliphatic carbocycles. The molecule has 2 atom stereocenters. The molecule has 0 heterocycles. The minimum Gasteiger partial charge on any atom is -0.388 e. The number of hydrogen-bond donors (Lipinski definition) is 1. The zero-order valence-electron chi connectivity index (χ0n) is 11.2. The zero-order chi connectivity index (χ0) is 17.1. The van der Waals surface area contributed by atoms with E-state index >= 15 is 0 Å². The third-order valence-electron chi connectivity index (χ3n) is 2.88. The van der Waals surface area contributed by atoms with Gasteiger partial charge in [0.05, 0.1) is 23.3 Å². The van der Waals surface area contributed by atoms with Gasteiger partial charge < -0.3 is 9.84 Å². The highest BCUT2D eigenvalue weighted by atomic mass is 19.4. The summed E-state index contributed by atoms with van der Waals surface area (Å²) in [6, 6.07) is 3.43. The monoisotopic (exact) mass is 327 g/mol. The second-order valence-electron chi connectivity index (χ2n) is 4.47. The molecule has 0 saturated heterocycles. The van der Waals surface area contributed by atoms with Crippen LogP contribution in [-0.4, -0.2) is 24.5 Å². The van der Waals surface area contributed by atoms with Crippen molar-refractivity contribution in [2.45, 2.75) is 31.0 Å². The van der Waals surface area contributed by atoms with Crippen molar-refractivity contribution in [2.24, 2.45) is 0 Å². The van der Waals surface area contributed by atoms with Crippen LogP contribution in [0.25, 0.3) is 0 Å². The predicted octanol–water partition coefficient (Wildman–Crippen LogP) is 3.58. The Morgan fingerprint density at radius 2 is 1.77 bits per heavy atom. The molecule has 1 N–H and O–H groups in total. The van der Waals surface area contributed by atoms with Crippen LogP contribution in [0.2, 0.25) is 0 Å². The Kier molecular flexibility index (Phi) is 5.43. The largest absolute Gasteiger partial charge is 0.416 e. The molecule has 1 rings (SSSR count). The quantitative estimate of drug-likeness (QED) is 0.860. The maximum Gasteiger partial charge on any atom is 0.416 e. The lowest BCUT2D eigenvalue weighted by Crippen LogP contribution is -2.32. The van der Waals surface area contributed by atoms with Crippen LogP contribution in [0.1, 0.15) is 29.2 Å². The van der Waals surface area contributed by atoms with Gasteiger partial charge in [-0.25, -0.2) is 0 Å². The van der Waals surface area contributed by atoms with Crippen molar-refractivity contribution in [2.75, 3.05) is 7.11 Å². The minimum absolute atomic E-state index is 0.412. The summed E-state index contributed by atoms with van der Waals surface area (Å²) in [6.07, 6.45) is -14.7. The molecule has 0 saturated carbocycles. The number of aliphatic hydroxyl groups is 1. The Balaban J connectivity index is 3.13. The second-order valence-corrected chi connectivity index (χ2v) is 4.47. The number of rotatable bonds is 4. The van der Waals surface area contributed by atoms with Crippen LogP contribution in [-0.2, 0) is 10.9 Å². The van der Waals surface area contributed by atoms with Crippen LogP contribution in [0.4, 0.5) is 26.3 Å². The summed E-state index contributed by atoms with van der Waals surface area (Å²) >= 11 is 0. The van der Waals surface area contributed by atoms with Gasteiger partial charge in [-0.1, -0.05) is 0 Å². The van der Waals surface area contributed by atoms with E-state index in [-0.39, 0.29) is 0 Å². The van der Waals surface area contributed by atoms with Crippen molar-refractivity contribution in [3.63, 3.8) is 0 Å². The molecular weight excluding hydrogens is 316 g/mol. The smallest absolute Gasteiger partial charge is 0.388 e. The van der Waals surface area contributed by atoms with Crippen molar-refractivity contribution < 1.29 is 36.2 Å². The highest BCUT2D eigenvalue weighted by Crippen LogP contribution is 2.34. The number of halogens is 6. The summed E-state index contributed by atoms with van der Waals surface area (Å²) in [5.41, 5.74) is -2.07. The summed E-state index contributed by atoms with van der Waals surface area (Å²) < 4.78 is 79.8. The van der Waals surface area contributed by atoms with E-state index < -0.39 is 47.7 Å². The Labute approximate surface area is 121 Å². The fourth-order valence-corrected chi connectivity index (χ4v) is 1.77. The number of nitriles is 1. The van der Waals surface area contributed by atoms with Crippen molar-refractivity contribution in [1.29, 1.82) is 5.26 Å². The van der Waals surface area contributed by atoms with Gasteiger partial charge in [0.15, 0.2) is 6.10 Å². The highest BCUT2D eigenvalue weighted by molar-refractivity contribution is 5.39. The third-order valence-corrected chi connectivity index (χ3v) is 2.88. The van der Waals surface area contributed by atoms with Crippen LogP contribution in [0.3, 0.4) is 0 Å². The van der Waals surface area contributed by atoms with E-state index in [0.717, 1.165) is 13.2 Å². The van der Waals surface area contributed by atoms with Gasteiger partial charge in [-0.05, 0) is 23.8 Å². The lowest BCUT2D eigenvalue weighted by molar-refractivity contribution is -0.220. The van der Waals surface area contributed by atoms with E-state index in [9.17, 15) is 31.4 Å². The summed E-state index contributed by atoms with van der Waals surface area (Å²) in [5, 5.41) is 18.4. The third kappa shape index (κ3) is 4.61. The number of aliphatic hydroxyl groups excluding tert-OH is 1. The maximum absolute atomic E-state index is 12.7. The molecule has 1 aromatic rings. The Bertz CT molecular complexity index is 561. The average molecular weight is 327 g/mol. The van der Waals surface area contributed by atoms with Gasteiger partial charge in [-0.2, -0.15) is 31.6 Å². The van der Waals surface area contributed by atoms with Gasteiger partial charge in [0.25, 0.3) is 0 Å². The molecule has 0 bridgehead atoms. The van der Waals surface area contributed by atoms with E-state index in [2.05, 4.69) is 4.74 Å². The zero-order valence-corrected chi connectivity index (χ0v) is 11.2. The SMILES string of the molecule is COC(CC(O)c1cc(C#N)cc(C(F)(F)F)c1)C(F)(F)F. The summed E-state index contributed by atoms with van der Waals surface area (Å²) in [5.74, 6) is 0. The molecule has 0 spiro atoms. The number of benzene rings is 1. The normalized spacial score (nSPS) is 15.2. The van der Waals surface area contributed by atoms with Gasteiger partial charge >= 0.3 is 12.4 Å². The predicted molar refractivity (Wildman–Crippen MR) is 62.6 cm³/mol. The molecule has 9 heteroatoms. The van der Waals surface area contributed by atoms with Crippen molar-refractivity contribution in [1.82, 2.24) is 0 Å². The first-order valence-corrected chi connectivity index (χ1v) is 5.89. The van der Waals surface area contributed by atoms with Crippen molar-refractivity contribution in [3.05, 3.63) is 34.9 Å². The first-order valence-electron chi connectivity index (χ1n) is 5.89. The summed E-state index contributed by atoms with van der Waals surface area (Å²) in [6.45, 7) is 0. The average Bonchev–Trinajstić information content (AvgIpc) is 2.41. The number of hydrogen-bond acceptors (Lipinski definition) is 3. The van der Waals surface area contributed by atoms with Gasteiger partial charge in [-0.3, -0.25) is 0 Å². The number of methoxy groups -OCH3 is 1.